The Balaban J connectivity index is 1.30. The average molecular weight is 386 g/mol. The molecule has 0 aliphatic heterocycles. The lowest BCUT2D eigenvalue weighted by Gasteiger charge is -2.54. The standard InChI is InChI=1S/C23H35N3O2/c1-2-5-19(22-24-14-25-28-22)23(6-3-4-7-23)13-20(27)26-21-17-9-15-8-16(11-17)12-18(21)10-15/h14-19,21H,2-13H2,1H3,(H,26,27). The highest BCUT2D eigenvalue weighted by Crippen LogP contribution is 2.55. The van der Waals surface area contributed by atoms with E-state index in [-0.39, 0.29) is 17.2 Å². The van der Waals surface area contributed by atoms with E-state index < -0.39 is 0 Å². The molecule has 5 heteroatoms. The zero-order valence-electron chi connectivity index (χ0n) is 17.2. The first-order chi connectivity index (χ1) is 13.7. The van der Waals surface area contributed by atoms with Gasteiger partial charge in [0, 0.05) is 18.4 Å². The molecule has 1 atom stereocenters. The fourth-order valence-electron chi connectivity index (χ4n) is 7.76. The largest absolute Gasteiger partial charge is 0.353 e. The number of carbonyl (C=O) groups excluding carboxylic acids is 1. The molecule has 28 heavy (non-hydrogen) atoms. The van der Waals surface area contributed by atoms with Gasteiger partial charge in [-0.25, -0.2) is 0 Å². The van der Waals surface area contributed by atoms with Crippen LogP contribution in [0.15, 0.2) is 10.9 Å². The summed E-state index contributed by atoms with van der Waals surface area (Å²) in [7, 11) is 0. The number of nitrogens with one attached hydrogen (secondary N) is 1. The third-order valence-electron chi connectivity index (χ3n) is 8.66. The smallest absolute Gasteiger partial charge is 0.230 e. The third kappa shape index (κ3) is 3.29. The van der Waals surface area contributed by atoms with Crippen LogP contribution in [0.3, 0.4) is 0 Å². The van der Waals surface area contributed by atoms with Crippen LogP contribution < -0.4 is 5.32 Å². The van der Waals surface area contributed by atoms with Gasteiger partial charge in [0.25, 0.3) is 0 Å². The second-order valence-electron chi connectivity index (χ2n) is 10.4. The topological polar surface area (TPSA) is 68.0 Å². The first-order valence-electron chi connectivity index (χ1n) is 11.7. The monoisotopic (exact) mass is 385 g/mol. The highest BCUT2D eigenvalue weighted by atomic mass is 16.5. The summed E-state index contributed by atoms with van der Waals surface area (Å²) in [4.78, 5) is 17.7. The Bertz CT molecular complexity index is 652. The van der Waals surface area contributed by atoms with Crippen molar-refractivity contribution in [1.82, 2.24) is 15.5 Å². The molecular formula is C23H35N3O2. The number of hydrogen-bond donors (Lipinski definition) is 1. The maximum Gasteiger partial charge on any atom is 0.230 e. The van der Waals surface area contributed by atoms with Crippen molar-refractivity contribution in [2.24, 2.45) is 29.1 Å². The zero-order valence-corrected chi connectivity index (χ0v) is 17.2. The molecule has 0 spiro atoms. The molecule has 0 radical (unpaired) electrons. The first-order valence-corrected chi connectivity index (χ1v) is 11.7. The summed E-state index contributed by atoms with van der Waals surface area (Å²) in [6.07, 6.45) is 15.7. The lowest BCUT2D eigenvalue weighted by atomic mass is 9.54. The van der Waals surface area contributed by atoms with Crippen molar-refractivity contribution in [3.8, 4) is 0 Å². The number of amides is 1. The van der Waals surface area contributed by atoms with Crippen molar-refractivity contribution in [3.63, 3.8) is 0 Å². The summed E-state index contributed by atoms with van der Waals surface area (Å²) < 4.78 is 5.50. The van der Waals surface area contributed by atoms with Gasteiger partial charge in [-0.2, -0.15) is 4.98 Å². The summed E-state index contributed by atoms with van der Waals surface area (Å²) in [5, 5.41) is 7.41. The van der Waals surface area contributed by atoms with E-state index in [0.29, 0.717) is 12.5 Å². The van der Waals surface area contributed by atoms with E-state index in [1.807, 2.05) is 0 Å². The Labute approximate surface area is 168 Å². The molecule has 1 aromatic heterocycles. The van der Waals surface area contributed by atoms with Gasteiger partial charge in [-0.3, -0.25) is 4.79 Å². The summed E-state index contributed by atoms with van der Waals surface area (Å²) in [5.41, 5.74) is -0.00145. The average Bonchev–Trinajstić information content (AvgIpc) is 3.35. The molecule has 1 unspecified atom stereocenters. The molecule has 5 aliphatic carbocycles. The van der Waals surface area contributed by atoms with Crippen molar-refractivity contribution in [2.45, 2.75) is 95.9 Å². The lowest BCUT2D eigenvalue weighted by Crippen LogP contribution is -2.56. The molecule has 5 aliphatic rings. The van der Waals surface area contributed by atoms with Crippen molar-refractivity contribution < 1.29 is 9.32 Å². The van der Waals surface area contributed by atoms with Crippen LogP contribution in [0.1, 0.15) is 95.8 Å². The highest BCUT2D eigenvalue weighted by Gasteiger charge is 2.50. The fourth-order valence-corrected chi connectivity index (χ4v) is 7.76. The van der Waals surface area contributed by atoms with Crippen molar-refractivity contribution in [3.05, 3.63) is 12.2 Å². The minimum atomic E-state index is -0.00145. The number of aromatic nitrogens is 2. The number of hydrogen-bond acceptors (Lipinski definition) is 4. The van der Waals surface area contributed by atoms with Crippen molar-refractivity contribution in [2.75, 3.05) is 0 Å². The highest BCUT2D eigenvalue weighted by molar-refractivity contribution is 5.77. The van der Waals surface area contributed by atoms with Gasteiger partial charge < -0.3 is 9.84 Å². The van der Waals surface area contributed by atoms with Crippen LogP contribution in [0, 0.1) is 29.1 Å². The molecule has 154 valence electrons. The molecule has 1 amide bonds. The Hall–Kier alpha value is -1.39. The Morgan fingerprint density at radius 1 is 1.18 bits per heavy atom. The molecule has 5 saturated carbocycles. The fraction of sp³-hybridized carbons (Fsp3) is 0.870. The molecule has 6 rings (SSSR count). The van der Waals surface area contributed by atoms with Gasteiger partial charge in [0.05, 0.1) is 0 Å². The molecule has 1 heterocycles. The Morgan fingerprint density at radius 2 is 1.86 bits per heavy atom. The zero-order chi connectivity index (χ0) is 19.1. The SMILES string of the molecule is CCCC(c1ncno1)C1(CC(=O)NC2C3CC4CC(C3)CC2C4)CCCC1. The van der Waals surface area contributed by atoms with Gasteiger partial charge in [-0.15, -0.1) is 0 Å². The maximum absolute atomic E-state index is 13.3. The predicted octanol–water partition coefficient (Wildman–Crippen LogP) is 4.84. The second-order valence-corrected chi connectivity index (χ2v) is 10.4. The Kier molecular flexibility index (Phi) is 4.96. The molecule has 1 aromatic rings. The molecule has 5 fully saturated rings. The van der Waals surface area contributed by atoms with Crippen molar-refractivity contribution in [1.29, 1.82) is 0 Å². The minimum Gasteiger partial charge on any atom is -0.353 e. The van der Waals surface area contributed by atoms with Crippen LogP contribution in [0.5, 0.6) is 0 Å². The molecule has 5 nitrogen and oxygen atoms in total. The molecule has 1 N–H and O–H groups in total. The van der Waals surface area contributed by atoms with E-state index >= 15 is 0 Å². The van der Waals surface area contributed by atoms with Gasteiger partial charge in [0.15, 0.2) is 6.33 Å². The maximum atomic E-state index is 13.3. The Morgan fingerprint density at radius 3 is 2.43 bits per heavy atom. The molecule has 0 aromatic carbocycles. The van der Waals surface area contributed by atoms with Gasteiger partial charge in [0.1, 0.15) is 0 Å². The van der Waals surface area contributed by atoms with Crippen LogP contribution >= 0.6 is 0 Å². The van der Waals surface area contributed by atoms with Gasteiger partial charge >= 0.3 is 0 Å². The van der Waals surface area contributed by atoms with E-state index in [4.69, 9.17) is 4.52 Å². The van der Waals surface area contributed by atoms with Gasteiger partial charge in [0.2, 0.25) is 11.8 Å². The summed E-state index contributed by atoms with van der Waals surface area (Å²) >= 11 is 0. The lowest BCUT2D eigenvalue weighted by molar-refractivity contribution is -0.128. The quantitative estimate of drug-likeness (QED) is 0.729. The number of rotatable bonds is 7. The van der Waals surface area contributed by atoms with Crippen LogP contribution in [-0.4, -0.2) is 22.1 Å². The van der Waals surface area contributed by atoms with E-state index in [1.54, 1.807) is 0 Å². The molecule has 4 bridgehead atoms. The van der Waals surface area contributed by atoms with Gasteiger partial charge in [-0.1, -0.05) is 31.3 Å². The third-order valence-corrected chi connectivity index (χ3v) is 8.66. The molecular weight excluding hydrogens is 350 g/mol. The predicted molar refractivity (Wildman–Crippen MR) is 106 cm³/mol. The minimum absolute atomic E-state index is 0.00145. The van der Waals surface area contributed by atoms with Crippen LogP contribution in [-0.2, 0) is 4.79 Å². The number of nitrogens with zero attached hydrogens (tertiary/aromatic N) is 2. The number of carbonyl (C=O) groups is 1. The normalized spacial score (nSPS) is 36.5. The van der Waals surface area contributed by atoms with Gasteiger partial charge in [-0.05, 0) is 80.5 Å². The van der Waals surface area contributed by atoms with E-state index in [0.717, 1.165) is 55.2 Å². The van der Waals surface area contributed by atoms with Crippen LogP contribution in [0.4, 0.5) is 0 Å². The molecule has 0 saturated heterocycles. The van der Waals surface area contributed by atoms with Crippen LogP contribution in [0.2, 0.25) is 0 Å². The van der Waals surface area contributed by atoms with E-state index in [2.05, 4.69) is 22.4 Å². The van der Waals surface area contributed by atoms with Crippen molar-refractivity contribution >= 4 is 5.91 Å². The van der Waals surface area contributed by atoms with E-state index in [9.17, 15) is 4.79 Å². The van der Waals surface area contributed by atoms with Crippen LogP contribution in [0.25, 0.3) is 0 Å². The van der Waals surface area contributed by atoms with E-state index in [1.165, 1.54) is 51.3 Å². The summed E-state index contributed by atoms with van der Waals surface area (Å²) in [6.45, 7) is 2.21. The summed E-state index contributed by atoms with van der Waals surface area (Å²) in [6, 6.07) is 0.437. The summed E-state index contributed by atoms with van der Waals surface area (Å²) in [5.74, 6) is 4.61. The second kappa shape index (κ2) is 7.46. The first kappa shape index (κ1) is 18.6.